The minimum absolute atomic E-state index is 0.0272. The molecule has 0 radical (unpaired) electrons. The second kappa shape index (κ2) is 21.0. The summed E-state index contributed by atoms with van der Waals surface area (Å²) in [6.07, 6.45) is 9.24. The summed E-state index contributed by atoms with van der Waals surface area (Å²) in [7, 11) is -0.993. The molecule has 2 atom stereocenters. The summed E-state index contributed by atoms with van der Waals surface area (Å²) in [6, 6.07) is 15.2. The van der Waals surface area contributed by atoms with Crippen LogP contribution in [0.4, 0.5) is 43.3 Å². The summed E-state index contributed by atoms with van der Waals surface area (Å²) in [6.45, 7) is 9.70. The van der Waals surface area contributed by atoms with E-state index in [4.69, 9.17) is 14.7 Å². The molecule has 0 aliphatic carbocycles. The van der Waals surface area contributed by atoms with E-state index in [2.05, 4.69) is 78.7 Å². The zero-order valence-electron chi connectivity index (χ0n) is 41.1. The van der Waals surface area contributed by atoms with E-state index < -0.39 is 36.5 Å². The van der Waals surface area contributed by atoms with Gasteiger partial charge in [-0.2, -0.15) is 4.98 Å². The predicted molar refractivity (Wildman–Crippen MR) is 281 cm³/mol. The SMILES string of the molecule is CCc1ccc2c(P3(=O)CCCC3)c(Nc3nc(Nc4cc(CC)c(N5CCC(N6CCN(C(=O)[C@@H]7CCN(c8cc(F)c(C9CCC(=O)NC9=O)c(F)c8)C7)CC6)CC5)cc4OC)ncc3Br)ccc2n1. The Labute approximate surface area is 427 Å². The van der Waals surface area contributed by atoms with Crippen LogP contribution in [0.2, 0.25) is 0 Å². The van der Waals surface area contributed by atoms with Gasteiger partial charge < -0.3 is 34.6 Å². The van der Waals surface area contributed by atoms with Crippen molar-refractivity contribution in [1.82, 2.24) is 30.1 Å². The van der Waals surface area contributed by atoms with E-state index in [9.17, 15) is 18.9 Å². The van der Waals surface area contributed by atoms with Crippen molar-refractivity contribution in [2.45, 2.75) is 83.6 Å². The van der Waals surface area contributed by atoms with Crippen molar-refractivity contribution in [3.8, 4) is 5.75 Å². The summed E-state index contributed by atoms with van der Waals surface area (Å²) in [4.78, 5) is 60.9. The number of piperidine rings is 2. The number of hydrogen-bond acceptors (Lipinski definition) is 13. The van der Waals surface area contributed by atoms with Gasteiger partial charge in [-0.05, 0) is 109 Å². The van der Waals surface area contributed by atoms with Crippen molar-refractivity contribution < 1.29 is 32.5 Å². The second-order valence-electron chi connectivity index (χ2n) is 19.7. The van der Waals surface area contributed by atoms with Gasteiger partial charge in [0.05, 0.1) is 40.3 Å². The Kier molecular flexibility index (Phi) is 14.6. The molecule has 3 N–H and O–H groups in total. The lowest BCUT2D eigenvalue weighted by Crippen LogP contribution is -2.55. The third-order valence-electron chi connectivity index (χ3n) is 15.5. The second-order valence-corrected chi connectivity index (χ2v) is 23.7. The predicted octanol–water partition coefficient (Wildman–Crippen LogP) is 8.63. The van der Waals surface area contributed by atoms with E-state index >= 15 is 8.78 Å². The number of pyridine rings is 1. The van der Waals surface area contributed by atoms with Gasteiger partial charge in [0, 0.05) is 123 Å². The largest absolute Gasteiger partial charge is 0.494 e. The van der Waals surface area contributed by atoms with Gasteiger partial charge in [0.2, 0.25) is 23.7 Å². The molecule has 2 aromatic heterocycles. The van der Waals surface area contributed by atoms with Gasteiger partial charge in [0.15, 0.2) is 0 Å². The van der Waals surface area contributed by atoms with Crippen LogP contribution in [0.5, 0.6) is 5.75 Å². The molecule has 3 aromatic carbocycles. The number of halogens is 3. The normalized spacial score (nSPS) is 20.8. The minimum atomic E-state index is -2.66. The van der Waals surface area contributed by atoms with Crippen LogP contribution in [-0.4, -0.2) is 120 Å². The molecule has 1 unspecified atom stereocenters. The highest BCUT2D eigenvalue weighted by atomic mass is 79.9. The third-order valence-corrected chi connectivity index (χ3v) is 19.4. The van der Waals surface area contributed by atoms with E-state index in [0.717, 1.165) is 104 Å². The first-order chi connectivity index (χ1) is 34.8. The lowest BCUT2D eigenvalue weighted by molar-refractivity contribution is -0.137. The first kappa shape index (κ1) is 49.9. The number of carbonyl (C=O) groups is 3. The Morgan fingerprint density at radius 3 is 2.29 bits per heavy atom. The highest BCUT2D eigenvalue weighted by Crippen LogP contribution is 2.54. The maximum Gasteiger partial charge on any atom is 0.234 e. The van der Waals surface area contributed by atoms with Crippen molar-refractivity contribution in [3.63, 3.8) is 0 Å². The quantitative estimate of drug-likeness (QED) is 0.0759. The van der Waals surface area contributed by atoms with Crippen molar-refractivity contribution in [3.05, 3.63) is 87.7 Å². The standard InChI is InChI=1S/C53H62BrF2N10O5P/c1-4-32-26-44(60-53-57-30-39(54)50(62-53)59-43-12-11-42-37(9-8-34(5-2)58-42)49(43)72(70)24-6-7-25-72)46(71-3)29-45(32)64-18-15-35(16-19-64)63-20-22-65(23-21-63)52(69)33-14-17-66(31-33)36-27-40(55)48(41(56)28-36)38-10-13-47(67)61-51(38)68/h8-9,11-12,26-30,33,35,38H,4-7,10,13-25,31H2,1-3H3,(H,61,67,68)(H2,57,59,60,62)/t33-,38?/m1/s1. The molecule has 7 heterocycles. The average Bonchev–Trinajstić information content (AvgIpc) is 4.08. The molecule has 5 fully saturated rings. The van der Waals surface area contributed by atoms with Crippen LogP contribution in [0.3, 0.4) is 0 Å². The average molecular weight is 1070 g/mol. The molecule has 0 saturated carbocycles. The van der Waals surface area contributed by atoms with Crippen LogP contribution in [0.15, 0.2) is 59.2 Å². The van der Waals surface area contributed by atoms with Crippen LogP contribution < -0.4 is 35.8 Å². The molecule has 5 aliphatic rings. The molecular formula is C53H62BrF2N10O5P. The maximum atomic E-state index is 15.3. The lowest BCUT2D eigenvalue weighted by atomic mass is 9.89. The summed E-state index contributed by atoms with van der Waals surface area (Å²) in [5, 5.41) is 10.9. The number of nitrogens with one attached hydrogen (secondary N) is 3. The molecular weight excluding hydrogens is 1010 g/mol. The Bertz CT molecular complexity index is 2930. The molecule has 5 aliphatic heterocycles. The highest BCUT2D eigenvalue weighted by molar-refractivity contribution is 9.10. The molecule has 380 valence electrons. The van der Waals surface area contributed by atoms with Crippen LogP contribution in [0, 0.1) is 17.6 Å². The first-order valence-electron chi connectivity index (χ1n) is 25.5. The van der Waals surface area contributed by atoms with E-state index in [1.807, 2.05) is 28.0 Å². The summed E-state index contributed by atoms with van der Waals surface area (Å²) in [5.74, 6) is -2.42. The van der Waals surface area contributed by atoms with Crippen molar-refractivity contribution in [2.24, 2.45) is 5.92 Å². The van der Waals surface area contributed by atoms with E-state index in [1.165, 1.54) is 17.7 Å². The fourth-order valence-corrected chi connectivity index (χ4v) is 15.2. The van der Waals surface area contributed by atoms with Gasteiger partial charge in [-0.15, -0.1) is 0 Å². The number of piperazine rings is 1. The molecule has 5 aromatic rings. The topological polar surface area (TPSA) is 165 Å². The molecule has 5 saturated heterocycles. The fourth-order valence-electron chi connectivity index (χ4n) is 11.5. The number of ether oxygens (including phenoxy) is 1. The zero-order valence-corrected chi connectivity index (χ0v) is 43.6. The molecule has 0 spiro atoms. The number of hydrogen-bond donors (Lipinski definition) is 3. The number of amides is 3. The Hall–Kier alpha value is -5.71. The van der Waals surface area contributed by atoms with Gasteiger partial charge in [-0.25, -0.2) is 13.8 Å². The van der Waals surface area contributed by atoms with Crippen molar-refractivity contribution >= 4 is 91.5 Å². The zero-order chi connectivity index (χ0) is 50.3. The highest BCUT2D eigenvalue weighted by Gasteiger charge is 2.38. The van der Waals surface area contributed by atoms with Crippen LogP contribution in [-0.2, 0) is 31.8 Å². The maximum absolute atomic E-state index is 15.3. The lowest BCUT2D eigenvalue weighted by Gasteiger charge is -2.44. The Morgan fingerprint density at radius 1 is 0.861 bits per heavy atom. The van der Waals surface area contributed by atoms with Crippen LogP contribution >= 0.6 is 23.1 Å². The number of aryl methyl sites for hydroxylation is 2. The minimum Gasteiger partial charge on any atom is -0.494 e. The smallest absolute Gasteiger partial charge is 0.234 e. The molecule has 0 bridgehead atoms. The Morgan fingerprint density at radius 2 is 1.60 bits per heavy atom. The molecule has 15 nitrogen and oxygen atoms in total. The number of aromatic nitrogens is 3. The van der Waals surface area contributed by atoms with Crippen molar-refractivity contribution in [1.29, 1.82) is 0 Å². The third kappa shape index (κ3) is 10.0. The van der Waals surface area contributed by atoms with Gasteiger partial charge >= 0.3 is 0 Å². The number of nitrogens with zero attached hydrogens (tertiary/aromatic N) is 7. The number of benzene rings is 3. The van der Waals surface area contributed by atoms with E-state index in [0.29, 0.717) is 78.6 Å². The van der Waals surface area contributed by atoms with E-state index in [-0.39, 0.29) is 30.2 Å². The number of imide groups is 1. The number of rotatable bonds is 13. The summed E-state index contributed by atoms with van der Waals surface area (Å²) >= 11 is 3.66. The number of fused-ring (bicyclic) bond motifs is 1. The van der Waals surface area contributed by atoms with Gasteiger partial charge in [0.1, 0.15) is 30.3 Å². The molecule has 3 amide bonds. The van der Waals surface area contributed by atoms with Gasteiger partial charge in [-0.1, -0.05) is 19.9 Å². The first-order valence-corrected chi connectivity index (χ1v) is 28.3. The van der Waals surface area contributed by atoms with Gasteiger partial charge in [-0.3, -0.25) is 29.6 Å². The summed E-state index contributed by atoms with van der Waals surface area (Å²) in [5.41, 5.74) is 5.71. The number of anilines is 6. The van der Waals surface area contributed by atoms with E-state index in [1.54, 1.807) is 13.3 Å². The number of carbonyl (C=O) groups excluding carboxylic acids is 3. The molecule has 19 heteroatoms. The molecule has 10 rings (SSSR count). The van der Waals surface area contributed by atoms with Crippen LogP contribution in [0.1, 0.15) is 81.5 Å². The van der Waals surface area contributed by atoms with Crippen molar-refractivity contribution in [2.75, 3.05) is 92.2 Å². The van der Waals surface area contributed by atoms with Gasteiger partial charge in [0.25, 0.3) is 0 Å². The monoisotopic (exact) mass is 1070 g/mol. The molecule has 72 heavy (non-hydrogen) atoms. The Balaban J connectivity index is 0.749. The number of methoxy groups -OCH3 is 1. The fraction of sp³-hybridized carbons (Fsp3) is 0.472. The van der Waals surface area contributed by atoms with Crippen LogP contribution in [0.25, 0.3) is 10.9 Å². The summed E-state index contributed by atoms with van der Waals surface area (Å²) < 4.78 is 51.9.